The van der Waals surface area contributed by atoms with Crippen molar-refractivity contribution in [3.05, 3.63) is 35.9 Å². The summed E-state index contributed by atoms with van der Waals surface area (Å²) in [6, 6.07) is 9.96. The van der Waals surface area contributed by atoms with Crippen LogP contribution in [0.2, 0.25) is 0 Å². The number of nitrogens with zero attached hydrogens (tertiary/aromatic N) is 1. The van der Waals surface area contributed by atoms with Crippen LogP contribution in [-0.4, -0.2) is 35.8 Å². The largest absolute Gasteiger partial charge is 0.369 e. The molecule has 1 aliphatic heterocycles. The van der Waals surface area contributed by atoms with Gasteiger partial charge >= 0.3 is 0 Å². The molecule has 1 aromatic rings. The minimum absolute atomic E-state index is 0.0563. The van der Waals surface area contributed by atoms with E-state index in [4.69, 9.17) is 5.73 Å². The lowest BCUT2D eigenvalue weighted by Gasteiger charge is -2.36. The minimum atomic E-state index is -0.268. The van der Waals surface area contributed by atoms with E-state index in [1.165, 1.54) is 0 Å². The summed E-state index contributed by atoms with van der Waals surface area (Å²) in [5, 5.41) is 3.11. The van der Waals surface area contributed by atoms with Gasteiger partial charge in [-0.25, -0.2) is 0 Å². The molecule has 1 atom stereocenters. The lowest BCUT2D eigenvalue weighted by molar-refractivity contribution is -0.128. The summed E-state index contributed by atoms with van der Waals surface area (Å²) in [4.78, 5) is 26.2. The molecule has 2 aliphatic rings. The molecule has 0 aromatic heterocycles. The van der Waals surface area contributed by atoms with Gasteiger partial charge in [0.05, 0.1) is 0 Å². The van der Waals surface area contributed by atoms with E-state index >= 15 is 0 Å². The van der Waals surface area contributed by atoms with Crippen LogP contribution >= 0.6 is 0 Å². The van der Waals surface area contributed by atoms with E-state index in [0.717, 1.165) is 44.3 Å². The lowest BCUT2D eigenvalue weighted by atomic mass is 9.93. The molecule has 22 heavy (non-hydrogen) atoms. The fourth-order valence-corrected chi connectivity index (χ4v) is 3.11. The zero-order chi connectivity index (χ0) is 15.5. The molecule has 3 rings (SSSR count). The Kier molecular flexibility index (Phi) is 4.43. The first-order valence-electron chi connectivity index (χ1n) is 8.04. The first-order valence-corrected chi connectivity index (χ1v) is 8.04. The molecule has 5 heteroatoms. The van der Waals surface area contributed by atoms with Crippen LogP contribution in [-0.2, 0) is 9.59 Å². The van der Waals surface area contributed by atoms with Crippen LogP contribution in [0.15, 0.2) is 30.3 Å². The van der Waals surface area contributed by atoms with Gasteiger partial charge in [0.2, 0.25) is 11.8 Å². The van der Waals surface area contributed by atoms with E-state index in [1.807, 2.05) is 30.3 Å². The maximum Gasteiger partial charge on any atom is 0.242 e. The maximum absolute atomic E-state index is 12.7. The van der Waals surface area contributed by atoms with Gasteiger partial charge in [-0.05, 0) is 44.3 Å². The number of rotatable bonds is 5. The Labute approximate surface area is 130 Å². The van der Waals surface area contributed by atoms with Gasteiger partial charge in [-0.3, -0.25) is 14.5 Å². The normalized spacial score (nSPS) is 21.3. The van der Waals surface area contributed by atoms with E-state index in [1.54, 1.807) is 0 Å². The molecule has 2 amide bonds. The molecular formula is C17H23N3O2. The summed E-state index contributed by atoms with van der Waals surface area (Å²) in [5.41, 5.74) is 6.41. The Hall–Kier alpha value is -1.88. The number of amides is 2. The van der Waals surface area contributed by atoms with Crippen molar-refractivity contribution in [3.8, 4) is 0 Å². The van der Waals surface area contributed by atoms with Crippen LogP contribution in [0.3, 0.4) is 0 Å². The third kappa shape index (κ3) is 3.47. The summed E-state index contributed by atoms with van der Waals surface area (Å²) in [6.45, 7) is 1.45. The predicted octanol–water partition coefficient (Wildman–Crippen LogP) is 1.20. The van der Waals surface area contributed by atoms with Crippen molar-refractivity contribution >= 4 is 11.8 Å². The van der Waals surface area contributed by atoms with Crippen molar-refractivity contribution in [1.29, 1.82) is 0 Å². The molecule has 1 heterocycles. The monoisotopic (exact) mass is 301 g/mol. The summed E-state index contributed by atoms with van der Waals surface area (Å²) < 4.78 is 0. The Morgan fingerprint density at radius 3 is 2.27 bits per heavy atom. The van der Waals surface area contributed by atoms with Gasteiger partial charge in [-0.1, -0.05) is 30.3 Å². The first-order chi connectivity index (χ1) is 10.6. The van der Waals surface area contributed by atoms with Crippen molar-refractivity contribution in [2.75, 3.05) is 13.1 Å². The molecule has 1 aliphatic carbocycles. The van der Waals surface area contributed by atoms with E-state index in [-0.39, 0.29) is 23.8 Å². The van der Waals surface area contributed by atoms with Crippen molar-refractivity contribution < 1.29 is 9.59 Å². The molecule has 1 saturated heterocycles. The van der Waals surface area contributed by atoms with Gasteiger partial charge < -0.3 is 11.1 Å². The molecule has 2 fully saturated rings. The number of carbonyl (C=O) groups excluding carboxylic acids is 2. The average molecular weight is 301 g/mol. The highest BCUT2D eigenvalue weighted by Gasteiger charge is 2.34. The van der Waals surface area contributed by atoms with Crippen LogP contribution in [0, 0.1) is 5.92 Å². The Balaban J connectivity index is 1.73. The molecule has 1 saturated carbocycles. The second kappa shape index (κ2) is 6.48. The molecule has 3 N–H and O–H groups in total. The van der Waals surface area contributed by atoms with E-state index in [9.17, 15) is 9.59 Å². The summed E-state index contributed by atoms with van der Waals surface area (Å²) in [5.74, 6) is -0.205. The van der Waals surface area contributed by atoms with Gasteiger partial charge in [-0.2, -0.15) is 0 Å². The Morgan fingerprint density at radius 2 is 1.73 bits per heavy atom. The third-order valence-corrected chi connectivity index (χ3v) is 4.58. The van der Waals surface area contributed by atoms with Gasteiger partial charge in [0, 0.05) is 12.0 Å². The molecule has 0 spiro atoms. The minimum Gasteiger partial charge on any atom is -0.369 e. The van der Waals surface area contributed by atoms with Crippen molar-refractivity contribution in [3.63, 3.8) is 0 Å². The summed E-state index contributed by atoms with van der Waals surface area (Å²) in [7, 11) is 0. The molecule has 0 radical (unpaired) electrons. The lowest BCUT2D eigenvalue weighted by Crippen LogP contribution is -2.46. The van der Waals surface area contributed by atoms with Gasteiger partial charge in [-0.15, -0.1) is 0 Å². The number of carbonyl (C=O) groups is 2. The quantitative estimate of drug-likeness (QED) is 0.858. The van der Waals surface area contributed by atoms with Crippen molar-refractivity contribution in [2.45, 2.75) is 37.8 Å². The maximum atomic E-state index is 12.7. The van der Waals surface area contributed by atoms with Crippen LogP contribution in [0.1, 0.15) is 37.3 Å². The molecular weight excluding hydrogens is 278 g/mol. The Bertz CT molecular complexity index is 534. The highest BCUT2D eigenvalue weighted by Crippen LogP contribution is 2.28. The number of piperidine rings is 1. The molecule has 5 nitrogen and oxygen atoms in total. The predicted molar refractivity (Wildman–Crippen MR) is 83.8 cm³/mol. The Morgan fingerprint density at radius 1 is 1.09 bits per heavy atom. The van der Waals surface area contributed by atoms with Crippen LogP contribution in [0.25, 0.3) is 0 Å². The summed E-state index contributed by atoms with van der Waals surface area (Å²) >= 11 is 0. The smallest absolute Gasteiger partial charge is 0.242 e. The zero-order valence-corrected chi connectivity index (χ0v) is 12.7. The number of nitrogens with one attached hydrogen (secondary N) is 1. The molecule has 0 unspecified atom stereocenters. The van der Waals surface area contributed by atoms with Gasteiger partial charge in [0.25, 0.3) is 0 Å². The number of likely N-dealkylation sites (tertiary alicyclic amines) is 1. The highest BCUT2D eigenvalue weighted by molar-refractivity contribution is 5.84. The van der Waals surface area contributed by atoms with Crippen molar-refractivity contribution in [2.24, 2.45) is 11.7 Å². The second-order valence-electron chi connectivity index (χ2n) is 6.31. The topological polar surface area (TPSA) is 75.4 Å². The molecule has 118 valence electrons. The van der Waals surface area contributed by atoms with Crippen LogP contribution in [0.5, 0.6) is 0 Å². The SMILES string of the molecule is NC(=O)C1CCN([C@H](C(=O)NC2CC2)c2ccccc2)CC1. The van der Waals surface area contributed by atoms with Crippen LogP contribution < -0.4 is 11.1 Å². The fraction of sp³-hybridized carbons (Fsp3) is 0.529. The number of benzene rings is 1. The fourth-order valence-electron chi connectivity index (χ4n) is 3.11. The standard InChI is InChI=1S/C17H23N3O2/c18-16(21)13-8-10-20(11-9-13)15(12-4-2-1-3-5-12)17(22)19-14-6-7-14/h1-5,13-15H,6-11H2,(H2,18,21)(H,19,22)/t15-/m0/s1. The average Bonchev–Trinajstić information content (AvgIpc) is 3.33. The van der Waals surface area contributed by atoms with Crippen molar-refractivity contribution in [1.82, 2.24) is 10.2 Å². The van der Waals surface area contributed by atoms with E-state index in [0.29, 0.717) is 6.04 Å². The third-order valence-electron chi connectivity index (χ3n) is 4.58. The first kappa shape index (κ1) is 15.0. The molecule has 0 bridgehead atoms. The van der Waals surface area contributed by atoms with E-state index < -0.39 is 0 Å². The molecule has 1 aromatic carbocycles. The number of hydrogen-bond donors (Lipinski definition) is 2. The second-order valence-corrected chi connectivity index (χ2v) is 6.31. The van der Waals surface area contributed by atoms with Gasteiger partial charge in [0.1, 0.15) is 6.04 Å². The van der Waals surface area contributed by atoms with Gasteiger partial charge in [0.15, 0.2) is 0 Å². The number of hydrogen-bond acceptors (Lipinski definition) is 3. The number of nitrogens with two attached hydrogens (primary N) is 1. The van der Waals surface area contributed by atoms with E-state index in [2.05, 4.69) is 10.2 Å². The zero-order valence-electron chi connectivity index (χ0n) is 12.7. The number of primary amides is 1. The highest BCUT2D eigenvalue weighted by atomic mass is 16.2. The van der Waals surface area contributed by atoms with Crippen LogP contribution in [0.4, 0.5) is 0 Å². The summed E-state index contributed by atoms with van der Waals surface area (Å²) in [6.07, 6.45) is 3.62.